The number of likely N-dealkylation sites (N-methyl/N-ethyl adjacent to an activating group) is 1. The number of nitrogens with zero attached hydrogens (tertiary/aromatic N) is 3. The number of carbonyl (C=O) groups is 3. The van der Waals surface area contributed by atoms with E-state index in [0.29, 0.717) is 32.8 Å². The lowest BCUT2D eigenvalue weighted by atomic mass is 10.3. The predicted molar refractivity (Wildman–Crippen MR) is 89.5 cm³/mol. The van der Waals surface area contributed by atoms with Gasteiger partial charge in [-0.25, -0.2) is 9.59 Å². The van der Waals surface area contributed by atoms with Crippen molar-refractivity contribution in [3.8, 4) is 0 Å². The van der Waals surface area contributed by atoms with E-state index in [9.17, 15) is 4.79 Å². The molecule has 0 aromatic heterocycles. The number of hydrogen-bond acceptors (Lipinski definition) is 7. The number of amides is 1. The molecule has 146 valence electrons. The highest BCUT2D eigenvalue weighted by atomic mass is 16.5. The van der Waals surface area contributed by atoms with Crippen molar-refractivity contribution in [3.05, 3.63) is 0 Å². The Morgan fingerprint density at radius 1 is 0.920 bits per heavy atom. The van der Waals surface area contributed by atoms with Crippen LogP contribution in [0, 0.1) is 0 Å². The van der Waals surface area contributed by atoms with Crippen molar-refractivity contribution in [2.45, 2.75) is 0 Å². The molecular formula is C15H29N3O7. The number of carboxylic acid groups (broad SMARTS) is 2. The maximum absolute atomic E-state index is 12.3. The van der Waals surface area contributed by atoms with Gasteiger partial charge < -0.3 is 29.5 Å². The standard InChI is InChI=1S/C13H27N3O3.C2H2O4/c1-14-4-6-15(7-5-14)12-13(17)16(8-10-18-2)9-11-19-3;3-1(4)2(5)6/h4-12H2,1-3H3;(H,3,4)(H,5,6). The Balaban J connectivity index is 0.000000823. The van der Waals surface area contributed by atoms with Crippen LogP contribution in [0.4, 0.5) is 0 Å². The first-order chi connectivity index (χ1) is 11.8. The van der Waals surface area contributed by atoms with Crippen LogP contribution in [-0.2, 0) is 23.9 Å². The number of hydrogen-bond donors (Lipinski definition) is 2. The Hall–Kier alpha value is -1.75. The van der Waals surface area contributed by atoms with E-state index in [0.717, 1.165) is 26.2 Å². The number of carboxylic acids is 2. The summed E-state index contributed by atoms with van der Waals surface area (Å²) in [6, 6.07) is 0. The zero-order valence-corrected chi connectivity index (χ0v) is 15.1. The van der Waals surface area contributed by atoms with Gasteiger partial charge in [-0.05, 0) is 7.05 Å². The molecule has 1 heterocycles. The van der Waals surface area contributed by atoms with Crippen LogP contribution in [0.15, 0.2) is 0 Å². The quantitative estimate of drug-likeness (QED) is 0.497. The second kappa shape index (κ2) is 13.5. The normalized spacial score (nSPS) is 15.2. The van der Waals surface area contributed by atoms with Crippen molar-refractivity contribution in [1.29, 1.82) is 0 Å². The minimum Gasteiger partial charge on any atom is -0.473 e. The number of carbonyl (C=O) groups excluding carboxylic acids is 1. The van der Waals surface area contributed by atoms with E-state index in [1.807, 2.05) is 4.90 Å². The lowest BCUT2D eigenvalue weighted by molar-refractivity contribution is -0.159. The van der Waals surface area contributed by atoms with Gasteiger partial charge in [-0.1, -0.05) is 0 Å². The van der Waals surface area contributed by atoms with Gasteiger partial charge >= 0.3 is 11.9 Å². The first kappa shape index (κ1) is 23.2. The summed E-state index contributed by atoms with van der Waals surface area (Å²) >= 11 is 0. The summed E-state index contributed by atoms with van der Waals surface area (Å²) in [5, 5.41) is 14.8. The van der Waals surface area contributed by atoms with Crippen molar-refractivity contribution in [2.75, 3.05) is 80.3 Å². The van der Waals surface area contributed by atoms with Crippen LogP contribution in [0.3, 0.4) is 0 Å². The van der Waals surface area contributed by atoms with E-state index >= 15 is 0 Å². The van der Waals surface area contributed by atoms with Crippen LogP contribution in [0.5, 0.6) is 0 Å². The molecule has 0 aliphatic carbocycles. The molecule has 1 saturated heterocycles. The fraction of sp³-hybridized carbons (Fsp3) is 0.800. The molecule has 25 heavy (non-hydrogen) atoms. The molecule has 1 amide bonds. The Morgan fingerprint density at radius 3 is 1.72 bits per heavy atom. The van der Waals surface area contributed by atoms with Gasteiger partial charge in [-0.2, -0.15) is 0 Å². The molecule has 0 saturated carbocycles. The highest BCUT2D eigenvalue weighted by Gasteiger charge is 2.20. The summed E-state index contributed by atoms with van der Waals surface area (Å²) in [6.45, 7) is 6.89. The summed E-state index contributed by atoms with van der Waals surface area (Å²) in [6.07, 6.45) is 0. The third kappa shape index (κ3) is 11.4. The second-order valence-electron chi connectivity index (χ2n) is 5.56. The van der Waals surface area contributed by atoms with Gasteiger partial charge in [0.25, 0.3) is 0 Å². The van der Waals surface area contributed by atoms with Crippen molar-refractivity contribution in [2.24, 2.45) is 0 Å². The Morgan fingerprint density at radius 2 is 1.36 bits per heavy atom. The van der Waals surface area contributed by atoms with Gasteiger partial charge in [0.05, 0.1) is 19.8 Å². The average Bonchev–Trinajstić information content (AvgIpc) is 2.57. The van der Waals surface area contributed by atoms with E-state index in [4.69, 9.17) is 29.3 Å². The molecular weight excluding hydrogens is 334 g/mol. The van der Waals surface area contributed by atoms with E-state index < -0.39 is 11.9 Å². The van der Waals surface area contributed by atoms with Crippen LogP contribution in [-0.4, -0.2) is 123 Å². The van der Waals surface area contributed by atoms with Crippen LogP contribution >= 0.6 is 0 Å². The van der Waals surface area contributed by atoms with E-state index in [-0.39, 0.29) is 5.91 Å². The van der Waals surface area contributed by atoms with Gasteiger partial charge in [0.15, 0.2) is 0 Å². The smallest absolute Gasteiger partial charge is 0.414 e. The molecule has 0 spiro atoms. The van der Waals surface area contributed by atoms with Crippen LogP contribution in [0.1, 0.15) is 0 Å². The first-order valence-corrected chi connectivity index (χ1v) is 7.94. The zero-order chi connectivity index (χ0) is 19.2. The number of ether oxygens (including phenoxy) is 2. The van der Waals surface area contributed by atoms with Gasteiger partial charge in [0, 0.05) is 53.5 Å². The lowest BCUT2D eigenvalue weighted by Gasteiger charge is -2.33. The summed E-state index contributed by atoms with van der Waals surface area (Å²) in [5.41, 5.74) is 0. The number of methoxy groups -OCH3 is 2. The largest absolute Gasteiger partial charge is 0.473 e. The van der Waals surface area contributed by atoms with E-state index in [1.54, 1.807) is 14.2 Å². The van der Waals surface area contributed by atoms with Crippen molar-refractivity contribution < 1.29 is 34.1 Å². The molecule has 0 atom stereocenters. The van der Waals surface area contributed by atoms with E-state index in [2.05, 4.69) is 16.8 Å². The van der Waals surface area contributed by atoms with Crippen LogP contribution in [0.2, 0.25) is 0 Å². The van der Waals surface area contributed by atoms with Gasteiger partial charge in [-0.3, -0.25) is 9.69 Å². The van der Waals surface area contributed by atoms with Crippen LogP contribution < -0.4 is 0 Å². The van der Waals surface area contributed by atoms with Crippen molar-refractivity contribution in [3.63, 3.8) is 0 Å². The SMILES string of the molecule is COCCN(CCOC)C(=O)CN1CCN(C)CC1.O=C(O)C(=O)O. The molecule has 0 bridgehead atoms. The molecule has 1 aliphatic rings. The van der Waals surface area contributed by atoms with Gasteiger partial charge in [-0.15, -0.1) is 0 Å². The minimum atomic E-state index is -1.82. The average molecular weight is 363 g/mol. The second-order valence-corrected chi connectivity index (χ2v) is 5.56. The molecule has 0 aromatic rings. The zero-order valence-electron chi connectivity index (χ0n) is 15.1. The fourth-order valence-electron chi connectivity index (χ4n) is 2.06. The highest BCUT2D eigenvalue weighted by Crippen LogP contribution is 2.01. The molecule has 2 N–H and O–H groups in total. The number of aliphatic carboxylic acids is 2. The maximum Gasteiger partial charge on any atom is 0.414 e. The number of rotatable bonds is 8. The molecule has 0 radical (unpaired) electrons. The topological polar surface area (TPSA) is 120 Å². The monoisotopic (exact) mass is 363 g/mol. The Labute approximate surface area is 147 Å². The molecule has 10 nitrogen and oxygen atoms in total. The summed E-state index contributed by atoms with van der Waals surface area (Å²) in [7, 11) is 5.42. The Bertz CT molecular complexity index is 392. The molecule has 0 aromatic carbocycles. The molecule has 1 fully saturated rings. The van der Waals surface area contributed by atoms with Crippen molar-refractivity contribution >= 4 is 17.8 Å². The summed E-state index contributed by atoms with van der Waals surface area (Å²) in [4.78, 5) is 36.8. The molecule has 0 unspecified atom stereocenters. The van der Waals surface area contributed by atoms with Crippen LogP contribution in [0.25, 0.3) is 0 Å². The molecule has 1 rings (SSSR count). The third-order valence-corrected chi connectivity index (χ3v) is 3.62. The summed E-state index contributed by atoms with van der Waals surface area (Å²) < 4.78 is 10.1. The minimum absolute atomic E-state index is 0.165. The molecule has 10 heteroatoms. The maximum atomic E-state index is 12.3. The highest BCUT2D eigenvalue weighted by molar-refractivity contribution is 6.27. The number of piperazine rings is 1. The lowest BCUT2D eigenvalue weighted by Crippen LogP contribution is -2.49. The van der Waals surface area contributed by atoms with E-state index in [1.165, 1.54) is 0 Å². The summed E-state index contributed by atoms with van der Waals surface area (Å²) in [5.74, 6) is -3.48. The Kier molecular flexibility index (Phi) is 12.6. The molecule has 1 aliphatic heterocycles. The van der Waals surface area contributed by atoms with Gasteiger partial charge in [0.2, 0.25) is 5.91 Å². The fourth-order valence-corrected chi connectivity index (χ4v) is 2.06. The third-order valence-electron chi connectivity index (χ3n) is 3.62. The predicted octanol–water partition coefficient (Wildman–Crippen LogP) is -1.49. The van der Waals surface area contributed by atoms with Gasteiger partial charge in [0.1, 0.15) is 0 Å². The first-order valence-electron chi connectivity index (χ1n) is 7.94. The van der Waals surface area contributed by atoms with Crippen molar-refractivity contribution in [1.82, 2.24) is 14.7 Å².